The molecule has 1 aromatic carbocycles. The average molecular weight is 504 g/mol. The number of hydrogen-bond acceptors (Lipinski definition) is 4. The Kier molecular flexibility index (Phi) is 10.4. The van der Waals surface area contributed by atoms with E-state index in [1.54, 1.807) is 14.2 Å². The van der Waals surface area contributed by atoms with Crippen molar-refractivity contribution in [3.63, 3.8) is 0 Å². The number of carbonyl (C=O) groups excluding carboxylic acids is 1. The maximum Gasteiger partial charge on any atom is 0.225 e. The zero-order chi connectivity index (χ0) is 19.8. The minimum absolute atomic E-state index is 0. The first kappa shape index (κ1) is 24.3. The lowest BCUT2D eigenvalue weighted by Crippen LogP contribution is -2.45. The summed E-state index contributed by atoms with van der Waals surface area (Å²) in [5.74, 6) is 2.44. The van der Waals surface area contributed by atoms with Crippen LogP contribution in [0.2, 0.25) is 0 Å². The summed E-state index contributed by atoms with van der Waals surface area (Å²) in [5, 5.41) is 6.74. The molecule has 2 N–H and O–H groups in total. The molecule has 1 aromatic rings. The van der Waals surface area contributed by atoms with Gasteiger partial charge in [0, 0.05) is 38.6 Å². The van der Waals surface area contributed by atoms with Gasteiger partial charge in [-0.15, -0.1) is 24.0 Å². The first-order valence-corrected chi connectivity index (χ1v) is 9.54. The molecule has 28 heavy (non-hydrogen) atoms. The lowest BCUT2D eigenvalue weighted by atomic mass is 10.2. The Morgan fingerprint density at radius 3 is 2.71 bits per heavy atom. The van der Waals surface area contributed by atoms with E-state index < -0.39 is 0 Å². The minimum atomic E-state index is 0. The van der Waals surface area contributed by atoms with Gasteiger partial charge in [-0.1, -0.05) is 19.9 Å². The molecule has 0 spiro atoms. The second kappa shape index (κ2) is 12.0. The lowest BCUT2D eigenvalue weighted by molar-refractivity contribution is -0.133. The van der Waals surface area contributed by atoms with E-state index in [9.17, 15) is 4.79 Å². The van der Waals surface area contributed by atoms with Crippen LogP contribution in [0.25, 0.3) is 0 Å². The summed E-state index contributed by atoms with van der Waals surface area (Å²) in [6.45, 7) is 8.54. The Balaban J connectivity index is 0.00000392. The summed E-state index contributed by atoms with van der Waals surface area (Å²) in [6, 6.07) is 6.10. The van der Waals surface area contributed by atoms with Crippen LogP contribution in [0.4, 0.5) is 0 Å². The number of benzene rings is 1. The normalized spacial score (nSPS) is 16.6. The molecule has 158 valence electrons. The van der Waals surface area contributed by atoms with Gasteiger partial charge in [0.25, 0.3) is 0 Å². The molecule has 0 aromatic heterocycles. The fourth-order valence-electron chi connectivity index (χ4n) is 3.12. The first-order chi connectivity index (χ1) is 13.0. The van der Waals surface area contributed by atoms with Crippen molar-refractivity contribution < 1.29 is 14.3 Å². The third-order valence-electron chi connectivity index (χ3n) is 4.55. The van der Waals surface area contributed by atoms with Crippen molar-refractivity contribution in [2.24, 2.45) is 10.9 Å². The van der Waals surface area contributed by atoms with Crippen molar-refractivity contribution in [2.75, 3.05) is 33.9 Å². The second-order valence-electron chi connectivity index (χ2n) is 6.91. The Morgan fingerprint density at radius 2 is 2.11 bits per heavy atom. The highest BCUT2D eigenvalue weighted by Crippen LogP contribution is 2.28. The molecule has 1 atom stereocenters. The van der Waals surface area contributed by atoms with Gasteiger partial charge in [-0.05, 0) is 31.0 Å². The Hall–Kier alpha value is -1.71. The quantitative estimate of drug-likeness (QED) is 0.340. The predicted molar refractivity (Wildman–Crippen MR) is 123 cm³/mol. The topological polar surface area (TPSA) is 75.2 Å². The van der Waals surface area contributed by atoms with Gasteiger partial charge in [0.1, 0.15) is 0 Å². The Bertz CT molecular complexity index is 667. The van der Waals surface area contributed by atoms with Crippen LogP contribution in [-0.4, -0.2) is 56.7 Å². The van der Waals surface area contributed by atoms with Crippen molar-refractivity contribution in [3.8, 4) is 11.5 Å². The molecule has 0 bridgehead atoms. The number of nitrogens with zero attached hydrogens (tertiary/aromatic N) is 2. The van der Waals surface area contributed by atoms with Crippen molar-refractivity contribution in [1.29, 1.82) is 0 Å². The zero-order valence-electron chi connectivity index (χ0n) is 17.4. The number of carbonyl (C=O) groups is 1. The number of hydrogen-bond donors (Lipinski definition) is 2. The van der Waals surface area contributed by atoms with E-state index >= 15 is 0 Å². The number of amides is 1. The van der Waals surface area contributed by atoms with Crippen LogP contribution < -0.4 is 20.1 Å². The summed E-state index contributed by atoms with van der Waals surface area (Å²) in [5.41, 5.74) is 1.07. The SMILES string of the molecule is CCOc1cc(CNC(=NC)NC2CCN(C(=O)C(C)C)C2)ccc1OC.I. The molecule has 1 heterocycles. The third kappa shape index (κ3) is 6.72. The summed E-state index contributed by atoms with van der Waals surface area (Å²) in [6.07, 6.45) is 0.927. The van der Waals surface area contributed by atoms with Crippen LogP contribution in [0.15, 0.2) is 23.2 Å². The highest BCUT2D eigenvalue weighted by Gasteiger charge is 2.27. The standard InChI is InChI=1S/C20H32N4O3.HI/c1-6-27-18-11-15(7-8-17(18)26-5)12-22-20(21-4)23-16-9-10-24(13-16)19(25)14(2)3;/h7-8,11,14,16H,6,9-10,12-13H2,1-5H3,(H2,21,22,23);1H. The van der Waals surface area contributed by atoms with E-state index in [-0.39, 0.29) is 41.8 Å². The van der Waals surface area contributed by atoms with E-state index in [1.165, 1.54) is 0 Å². The molecule has 1 amide bonds. The second-order valence-corrected chi connectivity index (χ2v) is 6.91. The average Bonchev–Trinajstić information content (AvgIpc) is 3.13. The van der Waals surface area contributed by atoms with Crippen LogP contribution in [0, 0.1) is 5.92 Å². The molecular weight excluding hydrogens is 471 g/mol. The van der Waals surface area contributed by atoms with Gasteiger partial charge in [0.05, 0.1) is 13.7 Å². The maximum absolute atomic E-state index is 12.1. The minimum Gasteiger partial charge on any atom is -0.493 e. The van der Waals surface area contributed by atoms with Crippen LogP contribution in [0.3, 0.4) is 0 Å². The number of halogens is 1. The number of guanidine groups is 1. The van der Waals surface area contributed by atoms with Crippen LogP contribution in [-0.2, 0) is 11.3 Å². The smallest absolute Gasteiger partial charge is 0.225 e. The zero-order valence-corrected chi connectivity index (χ0v) is 19.8. The molecule has 1 aliphatic heterocycles. The van der Waals surface area contributed by atoms with E-state index in [0.717, 1.165) is 42.5 Å². The van der Waals surface area contributed by atoms with Crippen molar-refractivity contribution >= 4 is 35.8 Å². The molecule has 1 unspecified atom stereocenters. The molecule has 1 aliphatic rings. The molecule has 0 aliphatic carbocycles. The number of rotatable bonds is 7. The first-order valence-electron chi connectivity index (χ1n) is 9.54. The molecule has 0 radical (unpaired) electrons. The van der Waals surface area contributed by atoms with Gasteiger partial charge in [-0.2, -0.15) is 0 Å². The Morgan fingerprint density at radius 1 is 1.36 bits per heavy atom. The number of ether oxygens (including phenoxy) is 2. The van der Waals surface area contributed by atoms with Gasteiger partial charge < -0.3 is 25.0 Å². The summed E-state index contributed by atoms with van der Waals surface area (Å²) < 4.78 is 10.9. The van der Waals surface area contributed by atoms with Gasteiger partial charge in [-0.25, -0.2) is 0 Å². The van der Waals surface area contributed by atoms with Gasteiger partial charge in [0.15, 0.2) is 17.5 Å². The van der Waals surface area contributed by atoms with Crippen LogP contribution in [0.5, 0.6) is 11.5 Å². The van der Waals surface area contributed by atoms with E-state index in [2.05, 4.69) is 15.6 Å². The number of methoxy groups -OCH3 is 1. The predicted octanol–water partition coefficient (Wildman–Crippen LogP) is 2.63. The summed E-state index contributed by atoms with van der Waals surface area (Å²) >= 11 is 0. The molecule has 8 heteroatoms. The molecule has 0 saturated carbocycles. The monoisotopic (exact) mass is 504 g/mol. The van der Waals surface area contributed by atoms with Gasteiger partial charge in [-0.3, -0.25) is 9.79 Å². The number of nitrogens with one attached hydrogen (secondary N) is 2. The fourth-order valence-corrected chi connectivity index (χ4v) is 3.12. The maximum atomic E-state index is 12.1. The van der Waals surface area contributed by atoms with Crippen molar-refractivity contribution in [2.45, 2.75) is 39.8 Å². The fraction of sp³-hybridized carbons (Fsp3) is 0.600. The van der Waals surface area contributed by atoms with E-state index in [1.807, 2.05) is 43.9 Å². The van der Waals surface area contributed by atoms with Crippen LogP contribution >= 0.6 is 24.0 Å². The van der Waals surface area contributed by atoms with Crippen molar-refractivity contribution in [3.05, 3.63) is 23.8 Å². The highest BCUT2D eigenvalue weighted by atomic mass is 127. The van der Waals surface area contributed by atoms with E-state index in [0.29, 0.717) is 13.2 Å². The van der Waals surface area contributed by atoms with E-state index in [4.69, 9.17) is 9.47 Å². The summed E-state index contributed by atoms with van der Waals surface area (Å²) in [7, 11) is 3.39. The Labute approximate surface area is 185 Å². The van der Waals surface area contributed by atoms with Crippen molar-refractivity contribution in [1.82, 2.24) is 15.5 Å². The highest BCUT2D eigenvalue weighted by molar-refractivity contribution is 14.0. The number of likely N-dealkylation sites (tertiary alicyclic amines) is 1. The lowest BCUT2D eigenvalue weighted by Gasteiger charge is -2.20. The molecule has 7 nitrogen and oxygen atoms in total. The largest absolute Gasteiger partial charge is 0.493 e. The van der Waals surface area contributed by atoms with Gasteiger partial charge in [0.2, 0.25) is 5.91 Å². The third-order valence-corrected chi connectivity index (χ3v) is 4.55. The molecule has 1 fully saturated rings. The number of aliphatic imine (C=N–C) groups is 1. The molecule has 1 saturated heterocycles. The van der Waals surface area contributed by atoms with Crippen LogP contribution in [0.1, 0.15) is 32.8 Å². The van der Waals surface area contributed by atoms with Gasteiger partial charge >= 0.3 is 0 Å². The molecular formula is C20H33IN4O3. The summed E-state index contributed by atoms with van der Waals surface area (Å²) in [4.78, 5) is 18.3. The molecule has 2 rings (SSSR count).